The van der Waals surface area contributed by atoms with Gasteiger partial charge in [-0.3, -0.25) is 9.98 Å². The van der Waals surface area contributed by atoms with Crippen molar-refractivity contribution in [1.82, 2.24) is 0 Å². The maximum atomic E-state index is 5.26. The van der Waals surface area contributed by atoms with Crippen LogP contribution in [0.4, 0.5) is 11.4 Å². The van der Waals surface area contributed by atoms with Crippen LogP contribution < -0.4 is 0 Å². The molecule has 2 nitrogen and oxygen atoms in total. The molecule has 0 spiro atoms. The SMILES string of the molecule is C=CCCc1ccccc1N=C(CCCC)C(CCCCC)=Nc1ccccc1CCC=C. The average Bonchev–Trinajstić information content (AvgIpc) is 2.84. The summed E-state index contributed by atoms with van der Waals surface area (Å²) >= 11 is 0. The Balaban J connectivity index is 2.53. The van der Waals surface area contributed by atoms with Crippen LogP contribution >= 0.6 is 0 Å². The summed E-state index contributed by atoms with van der Waals surface area (Å²) < 4.78 is 0. The predicted molar refractivity (Wildman–Crippen MR) is 148 cm³/mol. The Kier molecular flexibility index (Phi) is 12.8. The van der Waals surface area contributed by atoms with Gasteiger partial charge in [-0.2, -0.15) is 0 Å². The fourth-order valence-electron chi connectivity index (χ4n) is 3.88. The minimum atomic E-state index is 0.963. The number of rotatable bonds is 16. The molecule has 0 aliphatic rings. The van der Waals surface area contributed by atoms with Gasteiger partial charge in [-0.1, -0.05) is 81.7 Å². The first-order chi connectivity index (χ1) is 16.2. The van der Waals surface area contributed by atoms with Crippen molar-refractivity contribution in [1.29, 1.82) is 0 Å². The second-order valence-corrected chi connectivity index (χ2v) is 8.59. The largest absolute Gasteiger partial charge is 0.251 e. The van der Waals surface area contributed by atoms with Gasteiger partial charge in [-0.25, -0.2) is 0 Å². The van der Waals surface area contributed by atoms with Gasteiger partial charge in [0.1, 0.15) is 0 Å². The van der Waals surface area contributed by atoms with Crippen molar-refractivity contribution in [2.45, 2.75) is 84.5 Å². The van der Waals surface area contributed by atoms with Crippen LogP contribution in [0.3, 0.4) is 0 Å². The van der Waals surface area contributed by atoms with E-state index in [4.69, 9.17) is 9.98 Å². The molecule has 2 heteroatoms. The van der Waals surface area contributed by atoms with Gasteiger partial charge < -0.3 is 0 Å². The first-order valence-electron chi connectivity index (χ1n) is 12.8. The molecule has 0 radical (unpaired) electrons. The number of hydrogen-bond acceptors (Lipinski definition) is 2. The van der Waals surface area contributed by atoms with Crippen molar-refractivity contribution in [3.05, 3.63) is 85.0 Å². The number of aliphatic imine (C=N–C) groups is 2. The van der Waals surface area contributed by atoms with E-state index in [1.807, 2.05) is 12.2 Å². The third-order valence-corrected chi connectivity index (χ3v) is 5.85. The Morgan fingerprint density at radius 2 is 1.12 bits per heavy atom. The third-order valence-electron chi connectivity index (χ3n) is 5.85. The van der Waals surface area contributed by atoms with Gasteiger partial charge in [-0.05, 0) is 74.6 Å². The van der Waals surface area contributed by atoms with Crippen LogP contribution in [0.2, 0.25) is 0 Å². The van der Waals surface area contributed by atoms with Crippen molar-refractivity contribution in [2.75, 3.05) is 0 Å². The zero-order valence-corrected chi connectivity index (χ0v) is 20.9. The summed E-state index contributed by atoms with van der Waals surface area (Å²) in [4.78, 5) is 10.5. The molecular formula is C31H42N2. The molecule has 33 heavy (non-hydrogen) atoms. The average molecular weight is 443 g/mol. The summed E-state index contributed by atoms with van der Waals surface area (Å²) in [6, 6.07) is 17.1. The lowest BCUT2D eigenvalue weighted by Crippen LogP contribution is -2.15. The first-order valence-corrected chi connectivity index (χ1v) is 12.8. The van der Waals surface area contributed by atoms with E-state index in [0.717, 1.165) is 80.6 Å². The Labute approximate surface area is 202 Å². The van der Waals surface area contributed by atoms with E-state index in [0.29, 0.717) is 0 Å². The highest BCUT2D eigenvalue weighted by Gasteiger charge is 2.13. The molecule has 0 aromatic heterocycles. The number of aryl methyl sites for hydroxylation is 2. The highest BCUT2D eigenvalue weighted by Crippen LogP contribution is 2.25. The van der Waals surface area contributed by atoms with Gasteiger partial charge in [0, 0.05) is 0 Å². The monoisotopic (exact) mass is 442 g/mol. The van der Waals surface area contributed by atoms with E-state index >= 15 is 0 Å². The summed E-state index contributed by atoms with van der Waals surface area (Å²) in [5, 5.41) is 0. The van der Waals surface area contributed by atoms with E-state index in [1.165, 1.54) is 24.0 Å². The van der Waals surface area contributed by atoms with Crippen LogP contribution in [0.15, 0.2) is 83.8 Å². The lowest BCUT2D eigenvalue weighted by atomic mass is 10.0. The molecule has 2 aromatic rings. The fourth-order valence-corrected chi connectivity index (χ4v) is 3.88. The molecule has 0 unspecified atom stereocenters. The molecule has 0 aliphatic heterocycles. The second kappa shape index (κ2) is 16.0. The van der Waals surface area contributed by atoms with Gasteiger partial charge in [-0.15, -0.1) is 13.2 Å². The van der Waals surface area contributed by atoms with Crippen LogP contribution in [0.25, 0.3) is 0 Å². The zero-order valence-electron chi connectivity index (χ0n) is 20.9. The van der Waals surface area contributed by atoms with Crippen LogP contribution in [-0.2, 0) is 12.8 Å². The van der Waals surface area contributed by atoms with E-state index in [1.54, 1.807) is 0 Å². The molecule has 176 valence electrons. The van der Waals surface area contributed by atoms with E-state index < -0.39 is 0 Å². The van der Waals surface area contributed by atoms with Crippen LogP contribution in [0.5, 0.6) is 0 Å². The fraction of sp³-hybridized carbons (Fsp3) is 0.419. The first kappa shape index (κ1) is 26.5. The summed E-state index contributed by atoms with van der Waals surface area (Å²) in [6.07, 6.45) is 15.6. The molecule has 0 saturated heterocycles. The summed E-state index contributed by atoms with van der Waals surface area (Å²) in [6.45, 7) is 12.3. The summed E-state index contributed by atoms with van der Waals surface area (Å²) in [5.74, 6) is 0. The molecule has 0 saturated carbocycles. The number of benzene rings is 2. The molecule has 0 atom stereocenters. The number of unbranched alkanes of at least 4 members (excludes halogenated alkanes) is 3. The van der Waals surface area contributed by atoms with Gasteiger partial charge in [0.2, 0.25) is 0 Å². The van der Waals surface area contributed by atoms with Crippen LogP contribution in [0.1, 0.15) is 82.8 Å². The quantitative estimate of drug-likeness (QED) is 0.140. The predicted octanol–water partition coefficient (Wildman–Crippen LogP) is 9.54. The van der Waals surface area contributed by atoms with Crippen LogP contribution in [0, 0.1) is 0 Å². The molecule has 2 aromatic carbocycles. The molecule has 2 rings (SSSR count). The van der Waals surface area contributed by atoms with Gasteiger partial charge in [0.05, 0.1) is 22.8 Å². The van der Waals surface area contributed by atoms with E-state index in [-0.39, 0.29) is 0 Å². The minimum absolute atomic E-state index is 0.963. The second-order valence-electron chi connectivity index (χ2n) is 8.59. The molecule has 0 heterocycles. The number of nitrogens with zero attached hydrogens (tertiary/aromatic N) is 2. The summed E-state index contributed by atoms with van der Waals surface area (Å²) in [5.41, 5.74) is 7.03. The summed E-state index contributed by atoms with van der Waals surface area (Å²) in [7, 11) is 0. The van der Waals surface area contributed by atoms with Gasteiger partial charge >= 0.3 is 0 Å². The number of allylic oxidation sites excluding steroid dienone is 2. The molecule has 0 fully saturated rings. The third kappa shape index (κ3) is 9.34. The van der Waals surface area contributed by atoms with E-state index in [2.05, 4.69) is 75.5 Å². The smallest absolute Gasteiger partial charge is 0.0665 e. The molecule has 0 N–H and O–H groups in total. The van der Waals surface area contributed by atoms with Crippen molar-refractivity contribution >= 4 is 22.8 Å². The number of para-hydroxylation sites is 2. The van der Waals surface area contributed by atoms with Crippen molar-refractivity contribution in [3.8, 4) is 0 Å². The maximum Gasteiger partial charge on any atom is 0.0665 e. The van der Waals surface area contributed by atoms with Gasteiger partial charge in [0.15, 0.2) is 0 Å². The topological polar surface area (TPSA) is 24.7 Å². The normalized spacial score (nSPS) is 12.1. The Morgan fingerprint density at radius 1 is 0.667 bits per heavy atom. The Bertz CT molecular complexity index is 920. The molecule has 0 aliphatic carbocycles. The lowest BCUT2D eigenvalue weighted by molar-refractivity contribution is 0.742. The molecule has 0 amide bonds. The maximum absolute atomic E-state index is 5.26. The van der Waals surface area contributed by atoms with Crippen molar-refractivity contribution in [2.24, 2.45) is 9.98 Å². The zero-order chi connectivity index (χ0) is 23.7. The van der Waals surface area contributed by atoms with E-state index in [9.17, 15) is 0 Å². The van der Waals surface area contributed by atoms with Gasteiger partial charge in [0.25, 0.3) is 0 Å². The minimum Gasteiger partial charge on any atom is -0.251 e. The van der Waals surface area contributed by atoms with Crippen molar-refractivity contribution in [3.63, 3.8) is 0 Å². The van der Waals surface area contributed by atoms with Crippen molar-refractivity contribution < 1.29 is 0 Å². The molecule has 0 bridgehead atoms. The molecular weight excluding hydrogens is 400 g/mol. The highest BCUT2D eigenvalue weighted by atomic mass is 14.8. The standard InChI is InChI=1S/C31H42N2/c1-5-9-13-25-31(33-29-24-17-15-21-27(29)19-11-7-3)30(22-12-8-4)32-28-23-16-14-20-26(28)18-10-6-2/h6-7,14-17,20-21,23-24H,2-3,5,8-13,18-19,22,25H2,1,4H3. The highest BCUT2D eigenvalue weighted by molar-refractivity contribution is 6.43. The Hall–Kier alpha value is -2.74. The van der Waals surface area contributed by atoms with Crippen LogP contribution in [-0.4, -0.2) is 11.4 Å². The lowest BCUT2D eigenvalue weighted by Gasteiger charge is -2.14. The Morgan fingerprint density at radius 3 is 1.58 bits per heavy atom. The number of hydrogen-bond donors (Lipinski definition) is 0.